The lowest BCUT2D eigenvalue weighted by atomic mass is 9.87. The number of benzene rings is 1. The third-order valence-electron chi connectivity index (χ3n) is 3.40. The normalized spacial score (nSPS) is 12.8. The molecule has 1 amide bonds. The molecule has 0 aliphatic heterocycles. The van der Waals surface area contributed by atoms with Crippen LogP contribution in [0.15, 0.2) is 24.3 Å². The predicted molar refractivity (Wildman–Crippen MR) is 88.1 cm³/mol. The van der Waals surface area contributed by atoms with Gasteiger partial charge >= 0.3 is 0 Å². The van der Waals surface area contributed by atoms with Crippen LogP contribution in [0.3, 0.4) is 0 Å². The van der Waals surface area contributed by atoms with Crippen molar-refractivity contribution in [1.82, 2.24) is 5.32 Å². The van der Waals surface area contributed by atoms with Crippen molar-refractivity contribution in [2.24, 2.45) is 5.73 Å². The number of nitrogens with one attached hydrogen (secondary N) is 1. The number of hydrogen-bond donors (Lipinski definition) is 2. The molecule has 5 heteroatoms. The number of ether oxygens (including phenoxy) is 2. The Balaban J connectivity index is 2.34. The molecule has 0 heterocycles. The summed E-state index contributed by atoms with van der Waals surface area (Å²) in [6.07, 6.45) is 0.0383. The fourth-order valence-electron chi connectivity index (χ4n) is 1.95. The van der Waals surface area contributed by atoms with Gasteiger partial charge in [-0.2, -0.15) is 0 Å². The molecule has 1 aromatic carbocycles. The lowest BCUT2D eigenvalue weighted by molar-refractivity contribution is -0.123. The Kier molecular flexibility index (Phi) is 7.35. The highest BCUT2D eigenvalue weighted by atomic mass is 16.5. The summed E-state index contributed by atoms with van der Waals surface area (Å²) in [4.78, 5) is 11.7. The number of rotatable bonds is 8. The zero-order chi connectivity index (χ0) is 16.6. The van der Waals surface area contributed by atoms with Crippen molar-refractivity contribution in [3.05, 3.63) is 29.8 Å². The smallest absolute Gasteiger partial charge is 0.222 e. The fourth-order valence-corrected chi connectivity index (χ4v) is 1.95. The Morgan fingerprint density at radius 3 is 2.68 bits per heavy atom. The van der Waals surface area contributed by atoms with Gasteiger partial charge in [0.15, 0.2) is 0 Å². The van der Waals surface area contributed by atoms with E-state index >= 15 is 0 Å². The summed E-state index contributed by atoms with van der Waals surface area (Å²) in [5, 5.41) is 2.80. The topological polar surface area (TPSA) is 73.6 Å². The van der Waals surface area contributed by atoms with E-state index in [1.807, 2.05) is 18.2 Å². The van der Waals surface area contributed by atoms with E-state index in [1.54, 1.807) is 7.11 Å². The van der Waals surface area contributed by atoms with Crippen LogP contribution in [0.1, 0.15) is 32.8 Å². The fraction of sp³-hybridized carbons (Fsp3) is 0.588. The van der Waals surface area contributed by atoms with Crippen LogP contribution in [0.4, 0.5) is 0 Å². The minimum absolute atomic E-state index is 0.0793. The molecule has 124 valence electrons. The largest absolute Gasteiger partial charge is 0.492 e. The molecule has 0 aromatic heterocycles. The number of carbonyl (C=O) groups excluding carboxylic acids is 1. The molecular formula is C17H28N2O3. The summed E-state index contributed by atoms with van der Waals surface area (Å²) in [6.45, 7) is 7.71. The monoisotopic (exact) mass is 308 g/mol. The standard InChI is InChI=1S/C17H28N2O3/c1-17(2,3)13-6-5-7-14(10-13)22-9-8-19-16(20)11-15(12-18)21-4/h5-7,10,15H,8-9,11-12,18H2,1-4H3,(H,19,20). The number of carbonyl (C=O) groups is 1. The SMILES string of the molecule is COC(CN)CC(=O)NCCOc1cccc(C(C)(C)C)c1. The molecule has 3 N–H and O–H groups in total. The molecule has 1 aromatic rings. The predicted octanol–water partition coefficient (Wildman–Crippen LogP) is 1.84. The van der Waals surface area contributed by atoms with Crippen molar-refractivity contribution in [2.45, 2.75) is 38.7 Å². The van der Waals surface area contributed by atoms with Gasteiger partial charge in [-0.15, -0.1) is 0 Å². The Morgan fingerprint density at radius 2 is 2.09 bits per heavy atom. The third-order valence-corrected chi connectivity index (χ3v) is 3.40. The summed E-state index contributed by atoms with van der Waals surface area (Å²) in [5.41, 5.74) is 6.79. The number of nitrogens with two attached hydrogens (primary N) is 1. The van der Waals surface area contributed by atoms with Crippen molar-refractivity contribution in [1.29, 1.82) is 0 Å². The summed E-state index contributed by atoms with van der Waals surface area (Å²) in [6, 6.07) is 8.04. The average Bonchev–Trinajstić information content (AvgIpc) is 2.48. The number of hydrogen-bond acceptors (Lipinski definition) is 4. The maximum absolute atomic E-state index is 11.7. The van der Waals surface area contributed by atoms with Crippen LogP contribution in [0.2, 0.25) is 0 Å². The van der Waals surface area contributed by atoms with E-state index in [2.05, 4.69) is 32.2 Å². The lowest BCUT2D eigenvalue weighted by Gasteiger charge is -2.19. The highest BCUT2D eigenvalue weighted by Gasteiger charge is 2.14. The number of methoxy groups -OCH3 is 1. The molecule has 0 aliphatic rings. The Morgan fingerprint density at radius 1 is 1.36 bits per heavy atom. The molecule has 5 nitrogen and oxygen atoms in total. The molecule has 0 fully saturated rings. The summed E-state index contributed by atoms with van der Waals surface area (Å²) >= 11 is 0. The van der Waals surface area contributed by atoms with Gasteiger partial charge in [-0.05, 0) is 23.1 Å². The molecular weight excluding hydrogens is 280 g/mol. The van der Waals surface area contributed by atoms with Crippen LogP contribution in [-0.4, -0.2) is 38.8 Å². The van der Waals surface area contributed by atoms with Gasteiger partial charge in [0.05, 0.1) is 19.1 Å². The average molecular weight is 308 g/mol. The van der Waals surface area contributed by atoms with E-state index in [1.165, 1.54) is 5.56 Å². The maximum Gasteiger partial charge on any atom is 0.222 e. The van der Waals surface area contributed by atoms with E-state index in [-0.39, 0.29) is 23.8 Å². The van der Waals surface area contributed by atoms with E-state index in [4.69, 9.17) is 15.2 Å². The van der Waals surface area contributed by atoms with Crippen molar-refractivity contribution in [3.63, 3.8) is 0 Å². The van der Waals surface area contributed by atoms with Gasteiger partial charge in [-0.3, -0.25) is 4.79 Å². The first-order chi connectivity index (χ1) is 10.4. The van der Waals surface area contributed by atoms with Gasteiger partial charge in [0, 0.05) is 13.7 Å². The zero-order valence-corrected chi connectivity index (χ0v) is 14.0. The van der Waals surface area contributed by atoms with Crippen molar-refractivity contribution in [3.8, 4) is 5.75 Å². The van der Waals surface area contributed by atoms with E-state index in [0.29, 0.717) is 19.7 Å². The van der Waals surface area contributed by atoms with Crippen LogP contribution < -0.4 is 15.8 Å². The molecule has 0 bridgehead atoms. The van der Waals surface area contributed by atoms with Gasteiger partial charge in [-0.25, -0.2) is 0 Å². The van der Waals surface area contributed by atoms with Gasteiger partial charge in [-0.1, -0.05) is 32.9 Å². The molecule has 0 saturated heterocycles. The van der Waals surface area contributed by atoms with Crippen LogP contribution in [0, 0.1) is 0 Å². The molecule has 0 radical (unpaired) electrons. The van der Waals surface area contributed by atoms with Crippen LogP contribution in [0.25, 0.3) is 0 Å². The molecule has 1 unspecified atom stereocenters. The molecule has 0 saturated carbocycles. The second kappa shape index (κ2) is 8.76. The molecule has 1 atom stereocenters. The second-order valence-corrected chi connectivity index (χ2v) is 6.27. The minimum atomic E-state index is -0.232. The van der Waals surface area contributed by atoms with E-state index < -0.39 is 0 Å². The maximum atomic E-state index is 11.7. The molecule has 22 heavy (non-hydrogen) atoms. The Hall–Kier alpha value is -1.59. The zero-order valence-electron chi connectivity index (χ0n) is 14.0. The first kappa shape index (κ1) is 18.5. The van der Waals surface area contributed by atoms with E-state index in [9.17, 15) is 4.79 Å². The molecule has 1 rings (SSSR count). The Labute approximate surface area is 133 Å². The summed E-state index contributed by atoms with van der Waals surface area (Å²) in [5.74, 6) is 0.739. The van der Waals surface area contributed by atoms with Crippen LogP contribution >= 0.6 is 0 Å². The van der Waals surface area contributed by atoms with Gasteiger partial charge in [0.2, 0.25) is 5.91 Å². The van der Waals surface area contributed by atoms with Crippen molar-refractivity contribution in [2.75, 3.05) is 26.8 Å². The third kappa shape index (κ3) is 6.45. The van der Waals surface area contributed by atoms with Gasteiger partial charge < -0.3 is 20.5 Å². The first-order valence-electron chi connectivity index (χ1n) is 7.59. The molecule has 0 spiro atoms. The summed E-state index contributed by atoms with van der Waals surface area (Å²) in [7, 11) is 1.55. The van der Waals surface area contributed by atoms with Crippen LogP contribution in [0.5, 0.6) is 5.75 Å². The van der Waals surface area contributed by atoms with Crippen molar-refractivity contribution >= 4 is 5.91 Å². The minimum Gasteiger partial charge on any atom is -0.492 e. The number of amides is 1. The quantitative estimate of drug-likeness (QED) is 0.719. The second-order valence-electron chi connectivity index (χ2n) is 6.27. The van der Waals surface area contributed by atoms with Gasteiger partial charge in [0.1, 0.15) is 12.4 Å². The lowest BCUT2D eigenvalue weighted by Crippen LogP contribution is -2.34. The van der Waals surface area contributed by atoms with Gasteiger partial charge in [0.25, 0.3) is 0 Å². The Bertz CT molecular complexity index is 465. The first-order valence-corrected chi connectivity index (χ1v) is 7.59. The highest BCUT2D eigenvalue weighted by molar-refractivity contribution is 5.76. The van der Waals surface area contributed by atoms with Crippen molar-refractivity contribution < 1.29 is 14.3 Å². The highest BCUT2D eigenvalue weighted by Crippen LogP contribution is 2.25. The molecule has 0 aliphatic carbocycles. The van der Waals surface area contributed by atoms with Crippen LogP contribution in [-0.2, 0) is 14.9 Å². The van der Waals surface area contributed by atoms with E-state index in [0.717, 1.165) is 5.75 Å². The summed E-state index contributed by atoms with van der Waals surface area (Å²) < 4.78 is 10.8.